The van der Waals surface area contributed by atoms with Gasteiger partial charge in [0.15, 0.2) is 0 Å². The Labute approximate surface area is 130 Å². The molecule has 0 saturated heterocycles. The van der Waals surface area contributed by atoms with E-state index in [0.29, 0.717) is 0 Å². The summed E-state index contributed by atoms with van der Waals surface area (Å²) in [6.07, 6.45) is 4.93. The highest BCUT2D eigenvalue weighted by molar-refractivity contribution is 7.12. The van der Waals surface area contributed by atoms with Gasteiger partial charge in [0.2, 0.25) is 0 Å². The molecule has 1 unspecified atom stereocenters. The Bertz CT molecular complexity index is 507. The number of carbonyl (C=O) groups is 2. The first-order chi connectivity index (χ1) is 9.81. The predicted molar refractivity (Wildman–Crippen MR) is 83.8 cm³/mol. The lowest BCUT2D eigenvalue weighted by Crippen LogP contribution is -2.37. The van der Waals surface area contributed by atoms with Crippen molar-refractivity contribution >= 4 is 23.7 Å². The summed E-state index contributed by atoms with van der Waals surface area (Å²) in [6, 6.07) is 1.52. The molecule has 1 aliphatic carbocycles. The third-order valence-electron chi connectivity index (χ3n) is 3.53. The lowest BCUT2D eigenvalue weighted by atomic mass is 9.99. The molecule has 1 aromatic heterocycles. The smallest absolute Gasteiger partial charge is 0.410 e. The fourth-order valence-electron chi connectivity index (χ4n) is 2.46. The van der Waals surface area contributed by atoms with Crippen LogP contribution < -0.4 is 0 Å². The van der Waals surface area contributed by atoms with Crippen LogP contribution in [0, 0.1) is 0 Å². The van der Waals surface area contributed by atoms with Gasteiger partial charge in [0.1, 0.15) is 17.9 Å². The van der Waals surface area contributed by atoms with Crippen molar-refractivity contribution in [3.05, 3.63) is 21.4 Å². The third kappa shape index (κ3) is 3.84. The lowest BCUT2D eigenvalue weighted by molar-refractivity contribution is -0.112. The van der Waals surface area contributed by atoms with Crippen LogP contribution in [0.25, 0.3) is 0 Å². The Morgan fingerprint density at radius 2 is 2.05 bits per heavy atom. The molecule has 4 nitrogen and oxygen atoms in total. The van der Waals surface area contributed by atoms with Gasteiger partial charge in [-0.15, -0.1) is 11.3 Å². The molecular weight excluding hydrogens is 286 g/mol. The second-order valence-corrected chi connectivity index (χ2v) is 7.64. The SMILES string of the molecule is CN(C(=O)OC(C)(C)C)C(C=O)c1cc2c(s1)CCCC2. The summed E-state index contributed by atoms with van der Waals surface area (Å²) in [5.74, 6) is 0. The van der Waals surface area contributed by atoms with Gasteiger partial charge in [-0.25, -0.2) is 4.79 Å². The molecule has 0 aliphatic heterocycles. The van der Waals surface area contributed by atoms with Crippen molar-refractivity contribution in [2.45, 2.75) is 58.1 Å². The van der Waals surface area contributed by atoms with Gasteiger partial charge in [-0.05, 0) is 58.1 Å². The molecule has 1 aliphatic rings. The lowest BCUT2D eigenvalue weighted by Gasteiger charge is -2.27. The molecule has 1 heterocycles. The predicted octanol–water partition coefficient (Wildman–Crippen LogP) is 3.73. The molecule has 0 spiro atoms. The van der Waals surface area contributed by atoms with Crippen LogP contribution in [0.2, 0.25) is 0 Å². The van der Waals surface area contributed by atoms with Gasteiger partial charge in [-0.3, -0.25) is 4.90 Å². The highest BCUT2D eigenvalue weighted by atomic mass is 32.1. The van der Waals surface area contributed by atoms with Crippen molar-refractivity contribution in [1.82, 2.24) is 4.90 Å². The summed E-state index contributed by atoms with van der Waals surface area (Å²) in [6.45, 7) is 5.45. The number of thiophene rings is 1. The minimum Gasteiger partial charge on any atom is -0.444 e. The molecule has 0 radical (unpaired) electrons. The number of carbonyl (C=O) groups excluding carboxylic acids is 2. The van der Waals surface area contributed by atoms with Crippen LogP contribution in [0.3, 0.4) is 0 Å². The molecule has 5 heteroatoms. The molecule has 0 bridgehead atoms. The maximum atomic E-state index is 12.1. The Kier molecular flexibility index (Phi) is 4.71. The maximum absolute atomic E-state index is 12.1. The molecular formula is C16H23NO3S. The number of nitrogens with zero attached hydrogens (tertiary/aromatic N) is 1. The summed E-state index contributed by atoms with van der Waals surface area (Å²) in [5.41, 5.74) is 0.777. The summed E-state index contributed by atoms with van der Waals surface area (Å²) in [4.78, 5) is 27.3. The van der Waals surface area contributed by atoms with Gasteiger partial charge in [-0.1, -0.05) is 0 Å². The Balaban J connectivity index is 2.17. The maximum Gasteiger partial charge on any atom is 0.410 e. The molecule has 1 amide bonds. The van der Waals surface area contributed by atoms with Crippen LogP contribution in [-0.2, 0) is 22.4 Å². The monoisotopic (exact) mass is 309 g/mol. The standard InChI is InChI=1S/C16H23NO3S/c1-16(2,3)20-15(19)17(4)12(10-18)14-9-11-7-5-6-8-13(11)21-14/h9-10,12H,5-8H2,1-4H3. The minimum atomic E-state index is -0.562. The van der Waals surface area contributed by atoms with Crippen LogP contribution in [0.1, 0.15) is 55.0 Å². The molecule has 0 fully saturated rings. The van der Waals surface area contributed by atoms with Gasteiger partial charge in [-0.2, -0.15) is 0 Å². The summed E-state index contributed by atoms with van der Waals surface area (Å²) >= 11 is 1.65. The topological polar surface area (TPSA) is 46.6 Å². The van der Waals surface area contributed by atoms with Crippen LogP contribution in [-0.4, -0.2) is 29.9 Å². The van der Waals surface area contributed by atoms with Crippen molar-refractivity contribution < 1.29 is 14.3 Å². The Morgan fingerprint density at radius 3 is 2.62 bits per heavy atom. The van der Waals surface area contributed by atoms with Gasteiger partial charge in [0, 0.05) is 16.8 Å². The fourth-order valence-corrected chi connectivity index (χ4v) is 3.81. The zero-order valence-corrected chi connectivity index (χ0v) is 14.0. The zero-order valence-electron chi connectivity index (χ0n) is 13.1. The highest BCUT2D eigenvalue weighted by Crippen LogP contribution is 2.34. The first kappa shape index (κ1) is 16.0. The van der Waals surface area contributed by atoms with E-state index in [0.717, 1.165) is 24.0 Å². The summed E-state index contributed by atoms with van der Waals surface area (Å²) in [7, 11) is 1.62. The highest BCUT2D eigenvalue weighted by Gasteiger charge is 2.28. The van der Waals surface area contributed by atoms with E-state index in [2.05, 4.69) is 6.07 Å². The normalized spacial score (nSPS) is 16.0. The molecule has 1 atom stereocenters. The number of fused-ring (bicyclic) bond motifs is 1. The number of aldehydes is 1. The first-order valence-corrected chi connectivity index (χ1v) is 8.16. The van der Waals surface area contributed by atoms with E-state index in [1.807, 2.05) is 20.8 Å². The van der Waals surface area contributed by atoms with Crippen molar-refractivity contribution in [1.29, 1.82) is 0 Å². The van der Waals surface area contributed by atoms with E-state index in [9.17, 15) is 9.59 Å². The van der Waals surface area contributed by atoms with E-state index in [4.69, 9.17) is 4.74 Å². The number of aryl methyl sites for hydroxylation is 2. The van der Waals surface area contributed by atoms with Gasteiger partial charge < -0.3 is 9.53 Å². The zero-order chi connectivity index (χ0) is 15.6. The quantitative estimate of drug-likeness (QED) is 0.799. The average Bonchev–Trinajstić information content (AvgIpc) is 2.80. The van der Waals surface area contributed by atoms with E-state index < -0.39 is 17.7 Å². The molecule has 2 rings (SSSR count). The van der Waals surface area contributed by atoms with E-state index in [1.54, 1.807) is 18.4 Å². The molecule has 116 valence electrons. The molecule has 0 aromatic carbocycles. The number of likely N-dealkylation sites (N-methyl/N-ethyl adjacent to an activating group) is 1. The Morgan fingerprint density at radius 1 is 1.38 bits per heavy atom. The number of ether oxygens (including phenoxy) is 1. The van der Waals surface area contributed by atoms with Crippen LogP contribution in [0.5, 0.6) is 0 Å². The third-order valence-corrected chi connectivity index (χ3v) is 4.84. The van der Waals surface area contributed by atoms with Crippen molar-refractivity contribution in [2.75, 3.05) is 7.05 Å². The first-order valence-electron chi connectivity index (χ1n) is 7.34. The largest absolute Gasteiger partial charge is 0.444 e. The summed E-state index contributed by atoms with van der Waals surface area (Å²) in [5, 5.41) is 0. The number of hydrogen-bond donors (Lipinski definition) is 0. The van der Waals surface area contributed by atoms with Crippen LogP contribution >= 0.6 is 11.3 Å². The van der Waals surface area contributed by atoms with E-state index in [1.165, 1.54) is 28.2 Å². The van der Waals surface area contributed by atoms with Crippen molar-refractivity contribution in [3.63, 3.8) is 0 Å². The fraction of sp³-hybridized carbons (Fsp3) is 0.625. The van der Waals surface area contributed by atoms with Crippen molar-refractivity contribution in [2.24, 2.45) is 0 Å². The second kappa shape index (κ2) is 6.18. The van der Waals surface area contributed by atoms with E-state index in [-0.39, 0.29) is 0 Å². The molecule has 21 heavy (non-hydrogen) atoms. The molecule has 1 aromatic rings. The van der Waals surface area contributed by atoms with Crippen molar-refractivity contribution in [3.8, 4) is 0 Å². The second-order valence-electron chi connectivity index (χ2n) is 6.48. The number of amides is 1. The molecule has 0 saturated carbocycles. The van der Waals surface area contributed by atoms with Gasteiger partial charge >= 0.3 is 6.09 Å². The molecule has 0 N–H and O–H groups in total. The number of rotatable bonds is 3. The van der Waals surface area contributed by atoms with Crippen LogP contribution in [0.4, 0.5) is 4.79 Å². The van der Waals surface area contributed by atoms with Crippen LogP contribution in [0.15, 0.2) is 6.07 Å². The van der Waals surface area contributed by atoms with E-state index >= 15 is 0 Å². The average molecular weight is 309 g/mol. The van der Waals surface area contributed by atoms with Gasteiger partial charge in [0.25, 0.3) is 0 Å². The number of hydrogen-bond acceptors (Lipinski definition) is 4. The summed E-state index contributed by atoms with van der Waals surface area (Å²) < 4.78 is 5.34. The van der Waals surface area contributed by atoms with Gasteiger partial charge in [0.05, 0.1) is 0 Å². The minimum absolute atomic E-state index is 0.467. The Hall–Kier alpha value is -1.36.